The van der Waals surface area contributed by atoms with Gasteiger partial charge in [-0.15, -0.1) is 12.4 Å². The molecule has 0 unspecified atom stereocenters. The van der Waals surface area contributed by atoms with Crippen LogP contribution in [0.2, 0.25) is 0 Å². The summed E-state index contributed by atoms with van der Waals surface area (Å²) in [5.74, 6) is -0.578. The van der Waals surface area contributed by atoms with Gasteiger partial charge in [0.1, 0.15) is 6.61 Å². The fraction of sp³-hybridized carbons (Fsp3) is 0.533. The fourth-order valence-corrected chi connectivity index (χ4v) is 2.45. The molecule has 1 fully saturated rings. The second-order valence-corrected chi connectivity index (χ2v) is 5.31. The Bertz CT molecular complexity index is 490. The number of hydrogen-bond acceptors (Lipinski definition) is 4. The maximum absolute atomic E-state index is 13.3. The number of carbonyl (C=O) groups excluding carboxylic acids is 1. The summed E-state index contributed by atoms with van der Waals surface area (Å²) in [5.41, 5.74) is 5.70. The Kier molecular flexibility index (Phi) is 7.58. The lowest BCUT2D eigenvalue weighted by atomic mass is 9.84. The summed E-state index contributed by atoms with van der Waals surface area (Å²) in [6.45, 7) is 0.493. The molecule has 4 N–H and O–H groups in total. The van der Waals surface area contributed by atoms with Gasteiger partial charge in [-0.2, -0.15) is 0 Å². The van der Waals surface area contributed by atoms with Crippen LogP contribution in [-0.4, -0.2) is 36.3 Å². The Labute approximate surface area is 135 Å². The van der Waals surface area contributed by atoms with E-state index in [9.17, 15) is 14.3 Å². The van der Waals surface area contributed by atoms with Crippen molar-refractivity contribution >= 4 is 18.3 Å². The third kappa shape index (κ3) is 5.12. The van der Waals surface area contributed by atoms with Gasteiger partial charge in [-0.05, 0) is 31.4 Å². The molecule has 0 spiro atoms. The van der Waals surface area contributed by atoms with Crippen LogP contribution in [0.5, 0.6) is 5.75 Å². The molecule has 22 heavy (non-hydrogen) atoms. The summed E-state index contributed by atoms with van der Waals surface area (Å²) in [5, 5.41) is 12.4. The molecular weight excluding hydrogens is 311 g/mol. The van der Waals surface area contributed by atoms with Crippen molar-refractivity contribution in [1.82, 2.24) is 5.32 Å². The fourth-order valence-electron chi connectivity index (χ4n) is 2.45. The van der Waals surface area contributed by atoms with E-state index in [2.05, 4.69) is 5.32 Å². The van der Waals surface area contributed by atoms with Gasteiger partial charge in [-0.1, -0.05) is 12.1 Å². The van der Waals surface area contributed by atoms with E-state index in [0.717, 1.165) is 0 Å². The largest absolute Gasteiger partial charge is 0.489 e. The molecule has 1 amide bonds. The lowest BCUT2D eigenvalue weighted by Crippen LogP contribution is -2.45. The van der Waals surface area contributed by atoms with E-state index in [1.165, 1.54) is 12.1 Å². The van der Waals surface area contributed by atoms with Gasteiger partial charge in [-0.3, -0.25) is 4.79 Å². The number of benzene rings is 1. The zero-order valence-electron chi connectivity index (χ0n) is 12.2. The summed E-state index contributed by atoms with van der Waals surface area (Å²) in [7, 11) is 0. The van der Waals surface area contributed by atoms with E-state index in [1.54, 1.807) is 12.1 Å². The second-order valence-electron chi connectivity index (χ2n) is 5.31. The molecule has 0 aromatic heterocycles. The number of aliphatic hydroxyl groups excluding tert-OH is 1. The van der Waals surface area contributed by atoms with E-state index in [4.69, 9.17) is 10.5 Å². The average Bonchev–Trinajstić information content (AvgIpc) is 2.48. The number of hydrogen-bond donors (Lipinski definition) is 3. The van der Waals surface area contributed by atoms with Crippen LogP contribution in [0.25, 0.3) is 0 Å². The van der Waals surface area contributed by atoms with Crippen LogP contribution < -0.4 is 15.8 Å². The van der Waals surface area contributed by atoms with Crippen molar-refractivity contribution < 1.29 is 19.0 Å². The number of amides is 1. The molecule has 1 aromatic rings. The molecule has 2 rings (SSSR count). The van der Waals surface area contributed by atoms with Crippen molar-refractivity contribution in [2.24, 2.45) is 11.7 Å². The van der Waals surface area contributed by atoms with Gasteiger partial charge >= 0.3 is 0 Å². The molecule has 0 bridgehead atoms. The Morgan fingerprint density at radius 1 is 1.41 bits per heavy atom. The van der Waals surface area contributed by atoms with Crippen LogP contribution in [0.15, 0.2) is 24.3 Å². The maximum atomic E-state index is 13.3. The second kappa shape index (κ2) is 8.92. The van der Waals surface area contributed by atoms with E-state index in [-0.39, 0.29) is 42.6 Å². The minimum atomic E-state index is -0.621. The number of carbonyl (C=O) groups is 1. The first kappa shape index (κ1) is 18.7. The van der Waals surface area contributed by atoms with E-state index in [0.29, 0.717) is 25.8 Å². The van der Waals surface area contributed by atoms with Crippen LogP contribution in [-0.2, 0) is 4.79 Å². The molecule has 0 aliphatic heterocycles. The first-order valence-corrected chi connectivity index (χ1v) is 7.16. The van der Waals surface area contributed by atoms with E-state index in [1.807, 2.05) is 0 Å². The highest BCUT2D eigenvalue weighted by Gasteiger charge is 2.30. The Morgan fingerprint density at radius 2 is 2.14 bits per heavy atom. The van der Waals surface area contributed by atoms with Gasteiger partial charge in [0, 0.05) is 12.0 Å². The molecular formula is C15H22ClFN2O3. The summed E-state index contributed by atoms with van der Waals surface area (Å²) in [6.07, 6.45) is 1.09. The molecule has 124 valence electrons. The van der Waals surface area contributed by atoms with Gasteiger partial charge in [0.2, 0.25) is 5.91 Å². The SMILES string of the molecule is Cl.N[C@H]1CC[C@H](C(=O)NCCOc2ccccc2F)C[C@@H]1O. The van der Waals surface area contributed by atoms with E-state index < -0.39 is 11.9 Å². The standard InChI is InChI=1S/C15H21FN2O3.ClH/c16-11-3-1-2-4-14(11)21-8-7-18-15(20)10-5-6-12(17)13(19)9-10;/h1-4,10,12-13,19H,5-9,17H2,(H,18,20);1H/t10-,12-,13-;/m0./s1. The minimum Gasteiger partial charge on any atom is -0.489 e. The average molecular weight is 333 g/mol. The zero-order valence-corrected chi connectivity index (χ0v) is 13.0. The van der Waals surface area contributed by atoms with Crippen LogP contribution in [0, 0.1) is 11.7 Å². The molecule has 1 aromatic carbocycles. The van der Waals surface area contributed by atoms with Crippen molar-refractivity contribution in [1.29, 1.82) is 0 Å². The highest BCUT2D eigenvalue weighted by molar-refractivity contribution is 5.85. The predicted octanol–water partition coefficient (Wildman–Crippen LogP) is 1.23. The molecule has 0 saturated heterocycles. The van der Waals surface area contributed by atoms with Crippen LogP contribution >= 0.6 is 12.4 Å². The third-order valence-corrected chi connectivity index (χ3v) is 3.73. The number of ether oxygens (including phenoxy) is 1. The third-order valence-electron chi connectivity index (χ3n) is 3.73. The molecule has 1 aliphatic carbocycles. The first-order chi connectivity index (χ1) is 10.1. The highest BCUT2D eigenvalue weighted by Crippen LogP contribution is 2.23. The lowest BCUT2D eigenvalue weighted by molar-refractivity contribution is -0.127. The van der Waals surface area contributed by atoms with E-state index >= 15 is 0 Å². The van der Waals surface area contributed by atoms with Gasteiger partial charge < -0.3 is 20.9 Å². The van der Waals surface area contributed by atoms with Crippen LogP contribution in [0.1, 0.15) is 19.3 Å². The Balaban J connectivity index is 0.00000242. The summed E-state index contributed by atoms with van der Waals surface area (Å²) < 4.78 is 18.5. The Hall–Kier alpha value is -1.37. The molecule has 7 heteroatoms. The van der Waals surface area contributed by atoms with Gasteiger partial charge in [-0.25, -0.2) is 4.39 Å². The van der Waals surface area contributed by atoms with Crippen LogP contribution in [0.3, 0.4) is 0 Å². The number of rotatable bonds is 5. The number of aliphatic hydroxyl groups is 1. The smallest absolute Gasteiger partial charge is 0.223 e. The van der Waals surface area contributed by atoms with Crippen LogP contribution in [0.4, 0.5) is 4.39 Å². The van der Waals surface area contributed by atoms with Gasteiger partial charge in [0.15, 0.2) is 11.6 Å². The zero-order chi connectivity index (χ0) is 15.2. The number of halogens is 2. The number of para-hydroxylation sites is 1. The normalized spacial score (nSPS) is 24.2. The van der Waals surface area contributed by atoms with Gasteiger partial charge in [0.05, 0.1) is 12.6 Å². The number of nitrogens with two attached hydrogens (primary N) is 1. The number of nitrogens with one attached hydrogen (secondary N) is 1. The topological polar surface area (TPSA) is 84.6 Å². The molecule has 1 aliphatic rings. The summed E-state index contributed by atoms with van der Waals surface area (Å²) in [6, 6.07) is 5.89. The molecule has 0 heterocycles. The molecule has 3 atom stereocenters. The van der Waals surface area contributed by atoms with Crippen molar-refractivity contribution in [3.8, 4) is 5.75 Å². The monoisotopic (exact) mass is 332 g/mol. The van der Waals surface area contributed by atoms with Crippen molar-refractivity contribution in [3.05, 3.63) is 30.1 Å². The predicted molar refractivity (Wildman–Crippen MR) is 83.5 cm³/mol. The Morgan fingerprint density at radius 3 is 2.82 bits per heavy atom. The molecule has 1 saturated carbocycles. The summed E-state index contributed by atoms with van der Waals surface area (Å²) in [4.78, 5) is 11.9. The molecule has 5 nitrogen and oxygen atoms in total. The first-order valence-electron chi connectivity index (χ1n) is 7.16. The van der Waals surface area contributed by atoms with Crippen molar-refractivity contribution in [2.45, 2.75) is 31.4 Å². The van der Waals surface area contributed by atoms with Gasteiger partial charge in [0.25, 0.3) is 0 Å². The minimum absolute atomic E-state index is 0. The molecule has 0 radical (unpaired) electrons. The maximum Gasteiger partial charge on any atom is 0.223 e. The quantitative estimate of drug-likeness (QED) is 0.708. The lowest BCUT2D eigenvalue weighted by Gasteiger charge is -2.29. The van der Waals surface area contributed by atoms with Crippen molar-refractivity contribution in [2.75, 3.05) is 13.2 Å². The van der Waals surface area contributed by atoms with Crippen molar-refractivity contribution in [3.63, 3.8) is 0 Å². The highest BCUT2D eigenvalue weighted by atomic mass is 35.5. The summed E-state index contributed by atoms with van der Waals surface area (Å²) >= 11 is 0.